The summed E-state index contributed by atoms with van der Waals surface area (Å²) in [5, 5.41) is 3.27. The van der Waals surface area contributed by atoms with Crippen LogP contribution < -0.4 is 5.32 Å². The Labute approximate surface area is 138 Å². The first-order valence-electron chi connectivity index (χ1n) is 6.50. The van der Waals surface area contributed by atoms with Gasteiger partial charge in [-0.15, -0.1) is 24.8 Å². The molecule has 22 heavy (non-hydrogen) atoms. The van der Waals surface area contributed by atoms with E-state index in [4.69, 9.17) is 0 Å². The van der Waals surface area contributed by atoms with Gasteiger partial charge < -0.3 is 10.3 Å². The highest BCUT2D eigenvalue weighted by atomic mass is 35.5. The van der Waals surface area contributed by atoms with Crippen molar-refractivity contribution in [2.75, 3.05) is 6.54 Å². The monoisotopic (exact) mass is 353 g/mol. The molecule has 0 spiro atoms. The minimum atomic E-state index is -4.37. The number of halogens is 5. The Hall–Kier alpha value is -1.24. The molecule has 3 rings (SSSR count). The summed E-state index contributed by atoms with van der Waals surface area (Å²) in [6, 6.07) is 5.65. The molecule has 2 heterocycles. The van der Waals surface area contributed by atoms with Crippen LogP contribution in [0.3, 0.4) is 0 Å². The van der Waals surface area contributed by atoms with Gasteiger partial charge in [-0.3, -0.25) is 0 Å². The largest absolute Gasteiger partial charge is 0.417 e. The second-order valence-corrected chi connectivity index (χ2v) is 4.87. The zero-order valence-electron chi connectivity index (χ0n) is 11.5. The number of rotatable bonds is 2. The molecule has 1 aliphatic heterocycles. The summed E-state index contributed by atoms with van der Waals surface area (Å²) in [7, 11) is 0. The van der Waals surface area contributed by atoms with Crippen molar-refractivity contribution in [1.29, 1.82) is 0 Å². The Morgan fingerprint density at radius 1 is 1.14 bits per heavy atom. The lowest BCUT2D eigenvalue weighted by molar-refractivity contribution is -0.137. The van der Waals surface area contributed by atoms with E-state index in [0.717, 1.165) is 25.5 Å². The minimum Gasteiger partial charge on any atom is -0.341 e. The van der Waals surface area contributed by atoms with E-state index in [1.807, 2.05) is 0 Å². The fraction of sp³-hybridized carbons (Fsp3) is 0.357. The topological polar surface area (TPSA) is 40.7 Å². The minimum absolute atomic E-state index is 0. The highest BCUT2D eigenvalue weighted by molar-refractivity contribution is 5.85. The highest BCUT2D eigenvalue weighted by Crippen LogP contribution is 2.36. The van der Waals surface area contributed by atoms with Gasteiger partial charge in [0, 0.05) is 5.56 Å². The van der Waals surface area contributed by atoms with E-state index in [1.165, 1.54) is 18.3 Å². The number of aromatic amines is 1. The van der Waals surface area contributed by atoms with E-state index in [2.05, 4.69) is 15.3 Å². The van der Waals surface area contributed by atoms with E-state index < -0.39 is 11.7 Å². The van der Waals surface area contributed by atoms with Crippen LogP contribution in [0.2, 0.25) is 0 Å². The average Bonchev–Trinajstić information content (AvgIpc) is 3.09. The number of alkyl halides is 3. The van der Waals surface area contributed by atoms with Gasteiger partial charge in [0.15, 0.2) is 0 Å². The number of nitrogens with zero attached hydrogens (tertiary/aromatic N) is 1. The third kappa shape index (κ3) is 3.74. The molecule has 1 aromatic carbocycles. The zero-order valence-corrected chi connectivity index (χ0v) is 13.1. The first kappa shape index (κ1) is 18.8. The van der Waals surface area contributed by atoms with Crippen LogP contribution in [0.25, 0.3) is 11.3 Å². The van der Waals surface area contributed by atoms with Crippen LogP contribution in [-0.4, -0.2) is 16.5 Å². The van der Waals surface area contributed by atoms with Gasteiger partial charge in [0.25, 0.3) is 0 Å². The molecule has 1 unspecified atom stereocenters. The number of H-pyrrole nitrogens is 1. The van der Waals surface area contributed by atoms with Crippen LogP contribution in [-0.2, 0) is 6.18 Å². The Morgan fingerprint density at radius 2 is 1.86 bits per heavy atom. The molecule has 3 nitrogen and oxygen atoms in total. The van der Waals surface area contributed by atoms with E-state index in [0.29, 0.717) is 11.5 Å². The molecule has 8 heteroatoms. The Kier molecular flexibility index (Phi) is 6.28. The third-order valence-electron chi connectivity index (χ3n) is 3.51. The molecule has 0 saturated carbocycles. The number of benzene rings is 1. The Balaban J connectivity index is 0.00000121. The lowest BCUT2D eigenvalue weighted by atomic mass is 10.0. The summed E-state index contributed by atoms with van der Waals surface area (Å²) < 4.78 is 39.0. The van der Waals surface area contributed by atoms with Crippen molar-refractivity contribution < 1.29 is 13.2 Å². The first-order valence-corrected chi connectivity index (χ1v) is 6.50. The summed E-state index contributed by atoms with van der Waals surface area (Å²) in [6.45, 7) is 0.917. The predicted molar refractivity (Wildman–Crippen MR) is 83.5 cm³/mol. The molecule has 1 aromatic heterocycles. The Morgan fingerprint density at radius 3 is 2.50 bits per heavy atom. The molecular weight excluding hydrogens is 338 g/mol. The maximum absolute atomic E-state index is 13.0. The maximum atomic E-state index is 13.0. The van der Waals surface area contributed by atoms with Crippen LogP contribution in [0.4, 0.5) is 13.2 Å². The zero-order chi connectivity index (χ0) is 14.2. The third-order valence-corrected chi connectivity index (χ3v) is 3.51. The summed E-state index contributed by atoms with van der Waals surface area (Å²) in [5.41, 5.74) is -0.104. The fourth-order valence-electron chi connectivity index (χ4n) is 2.53. The van der Waals surface area contributed by atoms with Gasteiger partial charge in [-0.1, -0.05) is 18.2 Å². The molecular formula is C14H16Cl2F3N3. The van der Waals surface area contributed by atoms with E-state index in [9.17, 15) is 13.2 Å². The second kappa shape index (κ2) is 7.35. The van der Waals surface area contributed by atoms with Gasteiger partial charge in [0.1, 0.15) is 5.82 Å². The summed E-state index contributed by atoms with van der Waals surface area (Å²) in [6.07, 6.45) is -0.888. The van der Waals surface area contributed by atoms with Crippen molar-refractivity contribution in [3.8, 4) is 11.3 Å². The van der Waals surface area contributed by atoms with Crippen LogP contribution in [0.1, 0.15) is 30.3 Å². The molecule has 1 fully saturated rings. The lowest BCUT2D eigenvalue weighted by Gasteiger charge is -2.11. The highest BCUT2D eigenvalue weighted by Gasteiger charge is 2.33. The quantitative estimate of drug-likeness (QED) is 0.841. The normalized spacial score (nSPS) is 17.7. The van der Waals surface area contributed by atoms with Crippen LogP contribution in [0.5, 0.6) is 0 Å². The summed E-state index contributed by atoms with van der Waals surface area (Å²) >= 11 is 0. The van der Waals surface area contributed by atoms with Crippen molar-refractivity contribution in [2.24, 2.45) is 0 Å². The van der Waals surface area contributed by atoms with Crippen LogP contribution in [0.15, 0.2) is 30.5 Å². The molecule has 1 saturated heterocycles. The van der Waals surface area contributed by atoms with Gasteiger partial charge in [-0.05, 0) is 25.5 Å². The van der Waals surface area contributed by atoms with Gasteiger partial charge >= 0.3 is 6.18 Å². The summed E-state index contributed by atoms with van der Waals surface area (Å²) in [5.74, 6) is 0.703. The van der Waals surface area contributed by atoms with E-state index in [1.54, 1.807) is 6.07 Å². The van der Waals surface area contributed by atoms with Crippen molar-refractivity contribution in [3.63, 3.8) is 0 Å². The molecule has 1 atom stereocenters. The van der Waals surface area contributed by atoms with Gasteiger partial charge in [0.05, 0.1) is 23.5 Å². The van der Waals surface area contributed by atoms with Crippen molar-refractivity contribution in [3.05, 3.63) is 41.9 Å². The number of imidazole rings is 1. The molecule has 2 N–H and O–H groups in total. The molecule has 0 amide bonds. The fourth-order valence-corrected chi connectivity index (χ4v) is 2.53. The smallest absolute Gasteiger partial charge is 0.341 e. The average molecular weight is 354 g/mol. The van der Waals surface area contributed by atoms with Crippen molar-refractivity contribution in [2.45, 2.75) is 25.1 Å². The molecule has 0 aliphatic carbocycles. The standard InChI is InChI=1S/C14H14F3N3.2ClH/c15-14(16,17)10-5-2-1-4-9(10)12-8-19-13(20-12)11-6-3-7-18-11;;/h1-2,4-5,8,11,18H,3,6-7H2,(H,19,20);2*1H. The summed E-state index contributed by atoms with van der Waals surface area (Å²) in [4.78, 5) is 7.22. The number of nitrogens with one attached hydrogen (secondary N) is 2. The van der Waals surface area contributed by atoms with E-state index in [-0.39, 0.29) is 36.4 Å². The maximum Gasteiger partial charge on any atom is 0.417 e. The van der Waals surface area contributed by atoms with E-state index >= 15 is 0 Å². The lowest BCUT2D eigenvalue weighted by Crippen LogP contribution is -2.14. The first-order chi connectivity index (χ1) is 9.55. The second-order valence-electron chi connectivity index (χ2n) is 4.87. The van der Waals surface area contributed by atoms with Crippen molar-refractivity contribution in [1.82, 2.24) is 15.3 Å². The van der Waals surface area contributed by atoms with Crippen LogP contribution in [0, 0.1) is 0 Å². The van der Waals surface area contributed by atoms with Gasteiger partial charge in [-0.25, -0.2) is 4.98 Å². The number of hydrogen-bond donors (Lipinski definition) is 2. The predicted octanol–water partition coefficient (Wildman–Crippen LogP) is 4.36. The van der Waals surface area contributed by atoms with Gasteiger partial charge in [-0.2, -0.15) is 13.2 Å². The van der Waals surface area contributed by atoms with Crippen molar-refractivity contribution >= 4 is 24.8 Å². The molecule has 0 radical (unpaired) electrons. The molecule has 122 valence electrons. The number of aromatic nitrogens is 2. The van der Waals surface area contributed by atoms with Gasteiger partial charge in [0.2, 0.25) is 0 Å². The number of hydrogen-bond acceptors (Lipinski definition) is 2. The Bertz CT molecular complexity index is 607. The molecule has 2 aromatic rings. The molecule has 1 aliphatic rings. The SMILES string of the molecule is Cl.Cl.FC(F)(F)c1ccccc1-c1cnc(C2CCCN2)[nH]1. The van der Waals surface area contributed by atoms with Crippen LogP contribution >= 0.6 is 24.8 Å². The molecule has 0 bridgehead atoms.